The van der Waals surface area contributed by atoms with Gasteiger partial charge in [-0.25, -0.2) is 0 Å². The van der Waals surface area contributed by atoms with Gasteiger partial charge in [0.25, 0.3) is 10.9 Å². The van der Waals surface area contributed by atoms with Crippen molar-refractivity contribution in [1.29, 1.82) is 0 Å². The average Bonchev–Trinajstić information content (AvgIpc) is 3.26. The Bertz CT molecular complexity index is 1080. The van der Waals surface area contributed by atoms with Crippen LogP contribution < -0.4 is 19.5 Å². The SMILES string of the molecule is COc1cc(OC)cc(-c2nnc(SCC(=O)Nc3cc([N+](=O)[O-])ccc3OC)o2)c1. The second kappa shape index (κ2) is 9.80. The molecule has 12 heteroatoms. The van der Waals surface area contributed by atoms with E-state index in [9.17, 15) is 14.9 Å². The lowest BCUT2D eigenvalue weighted by atomic mass is 10.2. The number of nitro benzene ring substituents is 1. The van der Waals surface area contributed by atoms with Crippen molar-refractivity contribution in [2.45, 2.75) is 5.22 Å². The smallest absolute Gasteiger partial charge is 0.277 e. The molecule has 0 atom stereocenters. The molecule has 0 aliphatic carbocycles. The van der Waals surface area contributed by atoms with Gasteiger partial charge in [0.15, 0.2) is 0 Å². The molecule has 11 nitrogen and oxygen atoms in total. The normalized spacial score (nSPS) is 10.4. The fourth-order valence-corrected chi connectivity index (χ4v) is 3.10. The maximum atomic E-state index is 12.3. The van der Waals surface area contributed by atoms with Crippen LogP contribution in [0.3, 0.4) is 0 Å². The number of thioether (sulfide) groups is 1. The van der Waals surface area contributed by atoms with E-state index in [1.165, 1.54) is 39.5 Å². The number of nitrogens with zero attached hydrogens (tertiary/aromatic N) is 3. The maximum Gasteiger partial charge on any atom is 0.277 e. The third-order valence-electron chi connectivity index (χ3n) is 4.00. The zero-order valence-electron chi connectivity index (χ0n) is 16.8. The highest BCUT2D eigenvalue weighted by Gasteiger charge is 2.16. The van der Waals surface area contributed by atoms with Crippen LogP contribution in [0.5, 0.6) is 17.2 Å². The molecule has 31 heavy (non-hydrogen) atoms. The van der Waals surface area contributed by atoms with Crippen LogP contribution in [0.1, 0.15) is 0 Å². The monoisotopic (exact) mass is 446 g/mol. The minimum absolute atomic E-state index is 0.0606. The van der Waals surface area contributed by atoms with Crippen molar-refractivity contribution < 1.29 is 28.3 Å². The highest BCUT2D eigenvalue weighted by atomic mass is 32.2. The van der Waals surface area contributed by atoms with Gasteiger partial charge in [0.05, 0.1) is 37.7 Å². The Balaban J connectivity index is 1.67. The van der Waals surface area contributed by atoms with Crippen molar-refractivity contribution in [3.63, 3.8) is 0 Å². The first-order chi connectivity index (χ1) is 14.9. The summed E-state index contributed by atoms with van der Waals surface area (Å²) in [4.78, 5) is 22.7. The van der Waals surface area contributed by atoms with Crippen LogP contribution in [0.4, 0.5) is 11.4 Å². The molecular weight excluding hydrogens is 428 g/mol. The highest BCUT2D eigenvalue weighted by molar-refractivity contribution is 7.99. The zero-order valence-corrected chi connectivity index (χ0v) is 17.6. The van der Waals surface area contributed by atoms with Crippen molar-refractivity contribution >= 4 is 29.0 Å². The lowest BCUT2D eigenvalue weighted by Gasteiger charge is -2.09. The van der Waals surface area contributed by atoms with Crippen LogP contribution in [0.15, 0.2) is 46.0 Å². The first kappa shape index (κ1) is 21.9. The van der Waals surface area contributed by atoms with Gasteiger partial charge in [-0.2, -0.15) is 0 Å². The maximum absolute atomic E-state index is 12.3. The van der Waals surface area contributed by atoms with E-state index in [1.54, 1.807) is 18.2 Å². The predicted octanol–water partition coefficient (Wildman–Crippen LogP) is 3.40. The quantitative estimate of drug-likeness (QED) is 0.295. The summed E-state index contributed by atoms with van der Waals surface area (Å²) < 4.78 is 21.2. The lowest BCUT2D eigenvalue weighted by molar-refractivity contribution is -0.384. The van der Waals surface area contributed by atoms with Gasteiger partial charge < -0.3 is 23.9 Å². The Labute approximate surface area is 180 Å². The Morgan fingerprint density at radius 3 is 2.42 bits per heavy atom. The number of amides is 1. The van der Waals surface area contributed by atoms with E-state index >= 15 is 0 Å². The van der Waals surface area contributed by atoms with Gasteiger partial charge in [-0.15, -0.1) is 10.2 Å². The summed E-state index contributed by atoms with van der Waals surface area (Å²) in [6.07, 6.45) is 0. The second-order valence-electron chi connectivity index (χ2n) is 5.95. The van der Waals surface area contributed by atoms with E-state index in [-0.39, 0.29) is 28.2 Å². The Hall–Kier alpha value is -3.80. The molecule has 1 N–H and O–H groups in total. The Morgan fingerprint density at radius 1 is 1.10 bits per heavy atom. The molecule has 0 saturated carbocycles. The number of anilines is 1. The third kappa shape index (κ3) is 5.42. The molecule has 0 aliphatic heterocycles. The number of hydrogen-bond acceptors (Lipinski definition) is 10. The van der Waals surface area contributed by atoms with Crippen LogP contribution in [0.25, 0.3) is 11.5 Å². The molecule has 162 valence electrons. The number of aromatic nitrogens is 2. The standard InChI is InChI=1S/C19H18N4O7S/c1-27-13-6-11(7-14(9-13)28-2)18-21-22-19(30-18)31-10-17(24)20-15-8-12(23(25)26)4-5-16(15)29-3/h4-9H,10H2,1-3H3,(H,20,24). The molecule has 0 bridgehead atoms. The summed E-state index contributed by atoms with van der Waals surface area (Å²) in [5.41, 5.74) is 0.623. The van der Waals surface area contributed by atoms with Gasteiger partial charge in [0.2, 0.25) is 11.8 Å². The molecule has 0 aliphatic rings. The molecule has 3 aromatic rings. The largest absolute Gasteiger partial charge is 0.497 e. The molecule has 2 aromatic carbocycles. The van der Waals surface area contributed by atoms with Gasteiger partial charge in [0.1, 0.15) is 17.2 Å². The number of hydrogen-bond donors (Lipinski definition) is 1. The second-order valence-corrected chi connectivity index (χ2v) is 6.88. The van der Waals surface area contributed by atoms with Crippen molar-refractivity contribution in [1.82, 2.24) is 10.2 Å². The zero-order chi connectivity index (χ0) is 22.4. The van der Waals surface area contributed by atoms with Crippen molar-refractivity contribution in [2.75, 3.05) is 32.4 Å². The van der Waals surface area contributed by atoms with E-state index in [0.717, 1.165) is 11.8 Å². The fourth-order valence-electron chi connectivity index (χ4n) is 2.54. The number of carbonyl (C=O) groups excluding carboxylic acids is 1. The number of methoxy groups -OCH3 is 3. The Kier molecular flexibility index (Phi) is 6.92. The molecule has 0 saturated heterocycles. The van der Waals surface area contributed by atoms with E-state index < -0.39 is 10.8 Å². The summed E-state index contributed by atoms with van der Waals surface area (Å²) >= 11 is 1.02. The van der Waals surface area contributed by atoms with Gasteiger partial charge >= 0.3 is 0 Å². The molecule has 0 fully saturated rings. The number of rotatable bonds is 9. The summed E-state index contributed by atoms with van der Waals surface area (Å²) in [6, 6.07) is 9.06. The minimum atomic E-state index is -0.558. The number of non-ortho nitro benzene ring substituents is 1. The van der Waals surface area contributed by atoms with Crippen molar-refractivity contribution in [3.05, 3.63) is 46.5 Å². The van der Waals surface area contributed by atoms with Crippen LogP contribution in [-0.4, -0.2) is 48.1 Å². The van der Waals surface area contributed by atoms with Crippen LogP contribution >= 0.6 is 11.8 Å². The molecule has 0 unspecified atom stereocenters. The summed E-state index contributed by atoms with van der Waals surface area (Å²) in [5.74, 6) is 1.18. The van der Waals surface area contributed by atoms with Gasteiger partial charge in [0, 0.05) is 23.8 Å². The van der Waals surface area contributed by atoms with E-state index in [0.29, 0.717) is 22.8 Å². The van der Waals surface area contributed by atoms with E-state index in [4.69, 9.17) is 18.6 Å². The fraction of sp³-hybridized carbons (Fsp3) is 0.211. The van der Waals surface area contributed by atoms with Crippen LogP contribution in [0.2, 0.25) is 0 Å². The van der Waals surface area contributed by atoms with Crippen molar-refractivity contribution in [3.8, 4) is 28.7 Å². The van der Waals surface area contributed by atoms with Crippen LogP contribution in [-0.2, 0) is 4.79 Å². The molecular formula is C19H18N4O7S. The van der Waals surface area contributed by atoms with Gasteiger partial charge in [-0.05, 0) is 18.2 Å². The predicted molar refractivity (Wildman–Crippen MR) is 112 cm³/mol. The number of nitro groups is 1. The van der Waals surface area contributed by atoms with Gasteiger partial charge in [-0.1, -0.05) is 11.8 Å². The average molecular weight is 446 g/mol. The highest BCUT2D eigenvalue weighted by Crippen LogP contribution is 2.31. The summed E-state index contributed by atoms with van der Waals surface area (Å²) in [7, 11) is 4.46. The number of carbonyl (C=O) groups is 1. The number of benzene rings is 2. The number of nitrogens with one attached hydrogen (secondary N) is 1. The first-order valence-corrected chi connectivity index (χ1v) is 9.74. The number of ether oxygens (including phenoxy) is 3. The molecule has 1 aromatic heterocycles. The third-order valence-corrected chi connectivity index (χ3v) is 4.82. The summed E-state index contributed by atoms with van der Waals surface area (Å²) in [6.45, 7) is 0. The topological polar surface area (TPSA) is 139 Å². The van der Waals surface area contributed by atoms with E-state index in [1.807, 2.05) is 0 Å². The molecule has 0 spiro atoms. The molecule has 0 radical (unpaired) electrons. The minimum Gasteiger partial charge on any atom is -0.497 e. The molecule has 1 amide bonds. The molecule has 1 heterocycles. The van der Waals surface area contributed by atoms with Gasteiger partial charge in [-0.3, -0.25) is 14.9 Å². The lowest BCUT2D eigenvalue weighted by Crippen LogP contribution is -2.14. The van der Waals surface area contributed by atoms with E-state index in [2.05, 4.69) is 15.5 Å². The van der Waals surface area contributed by atoms with Crippen LogP contribution in [0, 0.1) is 10.1 Å². The summed E-state index contributed by atoms with van der Waals surface area (Å²) in [5, 5.41) is 21.6. The first-order valence-electron chi connectivity index (χ1n) is 8.75. The Morgan fingerprint density at radius 2 is 1.81 bits per heavy atom. The van der Waals surface area contributed by atoms with Crippen molar-refractivity contribution in [2.24, 2.45) is 0 Å². The molecule has 3 rings (SSSR count).